The molecule has 3 nitrogen and oxygen atoms in total. The maximum Gasteiger partial charge on any atom is 0.194 e. The van der Waals surface area contributed by atoms with Gasteiger partial charge < -0.3 is 5.73 Å². The van der Waals surface area contributed by atoms with Crippen molar-refractivity contribution in [2.24, 2.45) is 5.73 Å². The fourth-order valence-corrected chi connectivity index (χ4v) is 3.11. The quantitative estimate of drug-likeness (QED) is 0.801. The van der Waals surface area contributed by atoms with Crippen LogP contribution in [0, 0.1) is 0 Å². The van der Waals surface area contributed by atoms with Crippen LogP contribution in [0.1, 0.15) is 12.6 Å². The zero-order valence-electron chi connectivity index (χ0n) is 10.5. The Hall–Kier alpha value is -1.36. The first-order valence-electron chi connectivity index (χ1n) is 6.10. The number of imidazole rings is 1. The van der Waals surface area contributed by atoms with Crippen LogP contribution in [0.4, 0.5) is 0 Å². The fraction of sp³-hybridized carbons (Fsp3) is 0.214. The highest BCUT2D eigenvalue weighted by atomic mass is 35.5. The maximum absolute atomic E-state index is 5.92. The fourth-order valence-electron chi connectivity index (χ4n) is 2.09. The van der Waals surface area contributed by atoms with Crippen molar-refractivity contribution in [1.29, 1.82) is 0 Å². The van der Waals surface area contributed by atoms with Crippen LogP contribution in [0.3, 0.4) is 0 Å². The van der Waals surface area contributed by atoms with Crippen molar-refractivity contribution in [3.63, 3.8) is 0 Å². The molecule has 3 rings (SSSR count). The van der Waals surface area contributed by atoms with Gasteiger partial charge >= 0.3 is 0 Å². The smallest absolute Gasteiger partial charge is 0.194 e. The predicted molar refractivity (Wildman–Crippen MR) is 80.9 cm³/mol. The van der Waals surface area contributed by atoms with Gasteiger partial charge in [-0.05, 0) is 24.6 Å². The normalized spacial score (nSPS) is 13.0. The van der Waals surface area contributed by atoms with E-state index in [9.17, 15) is 0 Å². The monoisotopic (exact) mass is 291 g/mol. The topological polar surface area (TPSA) is 43.3 Å². The minimum atomic E-state index is 0.128. The number of thiazole rings is 1. The summed E-state index contributed by atoms with van der Waals surface area (Å²) >= 11 is 7.56. The summed E-state index contributed by atoms with van der Waals surface area (Å²) in [6.45, 7) is 1.99. The summed E-state index contributed by atoms with van der Waals surface area (Å²) in [5.41, 5.74) is 9.14. The number of rotatable bonds is 3. The third-order valence-electron chi connectivity index (χ3n) is 2.93. The standard InChI is InChI=1S/C14H14ClN3S/c1-9(16)6-12-7-18-13(8-19-14(18)17-12)10-2-4-11(15)5-3-10/h2-5,7-9H,6,16H2,1H3. The molecule has 5 heteroatoms. The Labute approximate surface area is 120 Å². The SMILES string of the molecule is CC(N)Cc1cn2c(-c3ccc(Cl)cc3)csc2n1. The second-order valence-corrected chi connectivity index (χ2v) is 5.97. The van der Waals surface area contributed by atoms with Crippen molar-refractivity contribution in [2.45, 2.75) is 19.4 Å². The second kappa shape index (κ2) is 4.96. The lowest BCUT2D eigenvalue weighted by molar-refractivity contribution is 0.726. The van der Waals surface area contributed by atoms with Crippen LogP contribution < -0.4 is 5.73 Å². The van der Waals surface area contributed by atoms with E-state index in [0.29, 0.717) is 0 Å². The molecule has 0 saturated heterocycles. The van der Waals surface area contributed by atoms with Gasteiger partial charge in [0.1, 0.15) is 0 Å². The number of fused-ring (bicyclic) bond motifs is 1. The number of aromatic nitrogens is 2. The molecular formula is C14H14ClN3S. The average Bonchev–Trinajstić information content (AvgIpc) is 2.89. The van der Waals surface area contributed by atoms with Gasteiger partial charge in [0, 0.05) is 29.1 Å². The summed E-state index contributed by atoms with van der Waals surface area (Å²) in [5, 5.41) is 2.86. The average molecular weight is 292 g/mol. The number of halogens is 1. The first-order chi connectivity index (χ1) is 9.13. The molecule has 0 aliphatic carbocycles. The predicted octanol–water partition coefficient (Wildman–Crippen LogP) is 3.61. The summed E-state index contributed by atoms with van der Waals surface area (Å²) in [7, 11) is 0. The highest BCUT2D eigenvalue weighted by Crippen LogP contribution is 2.27. The Kier molecular flexibility index (Phi) is 3.31. The summed E-state index contributed by atoms with van der Waals surface area (Å²) < 4.78 is 2.12. The van der Waals surface area contributed by atoms with Gasteiger partial charge in [-0.1, -0.05) is 23.7 Å². The Morgan fingerprint density at radius 1 is 1.37 bits per heavy atom. The number of hydrogen-bond acceptors (Lipinski definition) is 3. The summed E-state index contributed by atoms with van der Waals surface area (Å²) in [6, 6.07) is 7.98. The minimum absolute atomic E-state index is 0.128. The molecule has 0 radical (unpaired) electrons. The van der Waals surface area contributed by atoms with Crippen LogP contribution in [0.25, 0.3) is 16.2 Å². The molecule has 0 aliphatic rings. The first-order valence-corrected chi connectivity index (χ1v) is 7.36. The lowest BCUT2D eigenvalue weighted by Gasteiger charge is -2.01. The van der Waals surface area contributed by atoms with E-state index in [2.05, 4.69) is 21.0 Å². The van der Waals surface area contributed by atoms with Gasteiger partial charge in [0.25, 0.3) is 0 Å². The molecule has 2 aromatic heterocycles. The summed E-state index contributed by atoms with van der Waals surface area (Å²) in [5.74, 6) is 0. The highest BCUT2D eigenvalue weighted by molar-refractivity contribution is 7.15. The van der Waals surface area contributed by atoms with Gasteiger partial charge in [-0.2, -0.15) is 0 Å². The molecule has 2 N–H and O–H groups in total. The summed E-state index contributed by atoms with van der Waals surface area (Å²) in [6.07, 6.45) is 2.87. The Bertz CT molecular complexity index is 697. The van der Waals surface area contributed by atoms with E-state index in [1.54, 1.807) is 11.3 Å². The van der Waals surface area contributed by atoms with Gasteiger partial charge in [0.05, 0.1) is 11.4 Å². The van der Waals surface area contributed by atoms with Crippen LogP contribution in [0.2, 0.25) is 5.02 Å². The number of benzene rings is 1. The molecule has 19 heavy (non-hydrogen) atoms. The third kappa shape index (κ3) is 2.52. The van der Waals surface area contributed by atoms with Crippen LogP contribution >= 0.6 is 22.9 Å². The van der Waals surface area contributed by atoms with E-state index in [4.69, 9.17) is 17.3 Å². The maximum atomic E-state index is 5.92. The molecule has 1 unspecified atom stereocenters. The van der Waals surface area contributed by atoms with Gasteiger partial charge in [-0.15, -0.1) is 11.3 Å². The third-order valence-corrected chi connectivity index (χ3v) is 4.02. The Balaban J connectivity index is 2.04. The molecule has 0 fully saturated rings. The second-order valence-electron chi connectivity index (χ2n) is 4.69. The molecule has 3 aromatic rings. The van der Waals surface area contributed by atoms with E-state index >= 15 is 0 Å². The van der Waals surface area contributed by atoms with E-state index in [1.807, 2.05) is 31.2 Å². The van der Waals surface area contributed by atoms with Gasteiger partial charge in [0.15, 0.2) is 4.96 Å². The number of nitrogens with zero attached hydrogens (tertiary/aromatic N) is 2. The van der Waals surface area contributed by atoms with E-state index in [1.165, 1.54) is 0 Å². The van der Waals surface area contributed by atoms with E-state index < -0.39 is 0 Å². The molecule has 98 valence electrons. The van der Waals surface area contributed by atoms with Crippen molar-refractivity contribution in [3.8, 4) is 11.3 Å². The Morgan fingerprint density at radius 2 is 2.11 bits per heavy atom. The van der Waals surface area contributed by atoms with Crippen LogP contribution in [-0.2, 0) is 6.42 Å². The van der Waals surface area contributed by atoms with Crippen LogP contribution in [-0.4, -0.2) is 15.4 Å². The van der Waals surface area contributed by atoms with Gasteiger partial charge in [-0.3, -0.25) is 4.40 Å². The lowest BCUT2D eigenvalue weighted by atomic mass is 10.2. The van der Waals surface area contributed by atoms with E-state index in [0.717, 1.165) is 33.4 Å². The van der Waals surface area contributed by atoms with Crippen molar-refractivity contribution >= 4 is 27.9 Å². The van der Waals surface area contributed by atoms with Crippen molar-refractivity contribution in [3.05, 3.63) is 46.6 Å². The minimum Gasteiger partial charge on any atom is -0.328 e. The van der Waals surface area contributed by atoms with Crippen molar-refractivity contribution in [2.75, 3.05) is 0 Å². The molecule has 1 atom stereocenters. The van der Waals surface area contributed by atoms with Gasteiger partial charge in [0.2, 0.25) is 0 Å². The molecule has 2 heterocycles. The molecular weight excluding hydrogens is 278 g/mol. The van der Waals surface area contributed by atoms with Crippen LogP contribution in [0.15, 0.2) is 35.8 Å². The zero-order chi connectivity index (χ0) is 13.4. The van der Waals surface area contributed by atoms with Crippen LogP contribution in [0.5, 0.6) is 0 Å². The molecule has 0 bridgehead atoms. The largest absolute Gasteiger partial charge is 0.328 e. The van der Waals surface area contributed by atoms with Crippen molar-refractivity contribution in [1.82, 2.24) is 9.38 Å². The van der Waals surface area contributed by atoms with E-state index in [-0.39, 0.29) is 6.04 Å². The molecule has 0 saturated carbocycles. The molecule has 1 aromatic carbocycles. The summed E-state index contributed by atoms with van der Waals surface area (Å²) in [4.78, 5) is 5.59. The number of nitrogens with two attached hydrogens (primary N) is 1. The van der Waals surface area contributed by atoms with Crippen molar-refractivity contribution < 1.29 is 0 Å². The molecule has 0 amide bonds. The molecule has 0 spiro atoms. The first kappa shape index (κ1) is 12.7. The highest BCUT2D eigenvalue weighted by Gasteiger charge is 2.10. The zero-order valence-corrected chi connectivity index (χ0v) is 12.1. The molecule has 0 aliphatic heterocycles. The number of hydrogen-bond donors (Lipinski definition) is 1. The van der Waals surface area contributed by atoms with Gasteiger partial charge in [-0.25, -0.2) is 4.98 Å². The lowest BCUT2D eigenvalue weighted by Crippen LogP contribution is -2.17. The Morgan fingerprint density at radius 3 is 2.79 bits per heavy atom.